The smallest absolute Gasteiger partial charge is 0.310 e. The van der Waals surface area contributed by atoms with Gasteiger partial charge in [0.2, 0.25) is 0 Å². The molecule has 4 heteroatoms. The molecule has 0 radical (unpaired) electrons. The fourth-order valence-electron chi connectivity index (χ4n) is 7.95. The van der Waals surface area contributed by atoms with Crippen LogP contribution in [0.25, 0.3) is 65.0 Å². The first-order valence-corrected chi connectivity index (χ1v) is 17.9. The van der Waals surface area contributed by atoms with Crippen molar-refractivity contribution in [2.24, 2.45) is 0 Å². The maximum Gasteiger partial charge on any atom is 0.310 e. The summed E-state index contributed by atoms with van der Waals surface area (Å²) in [6, 6.07) is 57.3. The Labute approximate surface area is 279 Å². The zero-order valence-electron chi connectivity index (χ0n) is 26.3. The van der Waals surface area contributed by atoms with Crippen LogP contribution in [0.3, 0.4) is 0 Å². The Hall–Kier alpha value is -5.34. The zero-order valence-corrected chi connectivity index (χ0v) is 27.2. The van der Waals surface area contributed by atoms with Crippen molar-refractivity contribution < 1.29 is 8.39 Å². The maximum atomic E-state index is 7.23. The van der Waals surface area contributed by atoms with Gasteiger partial charge in [-0.3, -0.25) is 0 Å². The molecule has 8 aromatic carbocycles. The van der Waals surface area contributed by atoms with E-state index in [-0.39, 0.29) is 12.1 Å². The van der Waals surface area contributed by atoms with E-state index in [9.17, 15) is 0 Å². The number of hydrogen-bond donors (Lipinski definition) is 0. The van der Waals surface area contributed by atoms with Crippen LogP contribution in [0.15, 0.2) is 166 Å². The second-order valence-electron chi connectivity index (χ2n) is 12.9. The third-order valence-electron chi connectivity index (χ3n) is 10.2. The lowest BCUT2D eigenvalue weighted by Crippen LogP contribution is -2.23. The number of nitrogens with zero attached hydrogens (tertiary/aromatic N) is 1. The van der Waals surface area contributed by atoms with Gasteiger partial charge in [0, 0.05) is 22.9 Å². The van der Waals surface area contributed by atoms with Crippen molar-refractivity contribution in [3.63, 3.8) is 0 Å². The highest BCUT2D eigenvalue weighted by Gasteiger charge is 2.40. The molecule has 1 saturated heterocycles. The van der Waals surface area contributed by atoms with E-state index >= 15 is 0 Å². The van der Waals surface area contributed by atoms with Crippen LogP contribution in [0.4, 0.5) is 0 Å². The summed E-state index contributed by atoms with van der Waals surface area (Å²) in [4.78, 5) is 0. The standard InChI is InChI=1S/C44H32NO2P/c1-3-13-33-27-35(19-17-29(33)9-1)39-23-24-40(36-20-18-30-10-2-4-14-34(30)28-36)45(39)48-46-41-25-21-31-11-5-7-15-37(31)43(41)44-38-16-8-6-12-32(38)22-26-42(44)47-48/h1-22,25-28,39-40H,23-24H2/t39-,40-/m0/s1. The summed E-state index contributed by atoms with van der Waals surface area (Å²) < 4.78 is 17.0. The molecule has 1 fully saturated rings. The fraction of sp³-hybridized carbons (Fsp3) is 0.0909. The molecule has 0 bridgehead atoms. The van der Waals surface area contributed by atoms with E-state index in [4.69, 9.17) is 8.39 Å². The normalized spacial score (nSPS) is 16.9. The quantitative estimate of drug-likeness (QED) is 0.193. The molecule has 9 aromatic rings. The molecular formula is C44H32NO2P. The van der Waals surface area contributed by atoms with Crippen LogP contribution in [-0.2, 0) is 0 Å². The topological polar surface area (TPSA) is 29.5 Å². The Balaban J connectivity index is 1.27. The Morgan fingerprint density at radius 2 is 0.812 bits per heavy atom. The molecule has 230 valence electrons. The van der Waals surface area contributed by atoms with Gasteiger partial charge in [-0.05, 0) is 91.3 Å². The highest BCUT2D eigenvalue weighted by molar-refractivity contribution is 7.39. The summed E-state index contributed by atoms with van der Waals surface area (Å²) in [5.74, 6) is 0. The average Bonchev–Trinajstić information content (AvgIpc) is 3.51. The lowest BCUT2D eigenvalue weighted by Gasteiger charge is -2.27. The molecule has 0 spiro atoms. The predicted molar refractivity (Wildman–Crippen MR) is 202 cm³/mol. The summed E-state index contributed by atoms with van der Waals surface area (Å²) >= 11 is 0. The largest absolute Gasteiger partial charge is 0.408 e. The second-order valence-corrected chi connectivity index (χ2v) is 14.2. The lowest BCUT2D eigenvalue weighted by atomic mass is 9.99. The van der Waals surface area contributed by atoms with E-state index in [1.54, 1.807) is 0 Å². The minimum Gasteiger partial charge on any atom is -0.408 e. The third kappa shape index (κ3) is 4.47. The monoisotopic (exact) mass is 637 g/mol. The molecule has 1 aliphatic heterocycles. The molecule has 48 heavy (non-hydrogen) atoms. The van der Waals surface area contributed by atoms with E-state index < -0.39 is 8.16 Å². The molecule has 2 heterocycles. The van der Waals surface area contributed by atoms with Crippen molar-refractivity contribution in [2.75, 3.05) is 4.67 Å². The first-order valence-electron chi connectivity index (χ1n) is 16.7. The highest BCUT2D eigenvalue weighted by atomic mass is 31.1. The number of rotatable bonds is 3. The summed E-state index contributed by atoms with van der Waals surface area (Å²) in [5.41, 5.74) is 4.34. The SMILES string of the molecule is c1ccc2cc([C@@H]3CC[C@@H](c4ccc5ccccc5c4)N3p3oc4ccc5ccccc5c4c4c(ccc5ccccc54)o3)ccc2c1. The van der Waals surface area contributed by atoms with Gasteiger partial charge in [-0.2, -0.15) is 4.67 Å². The van der Waals surface area contributed by atoms with Crippen LogP contribution in [0.2, 0.25) is 0 Å². The molecular weight excluding hydrogens is 605 g/mol. The van der Waals surface area contributed by atoms with Gasteiger partial charge in [0.15, 0.2) is 0 Å². The minimum atomic E-state index is -1.56. The minimum absolute atomic E-state index is 0.128. The maximum absolute atomic E-state index is 7.23. The van der Waals surface area contributed by atoms with Gasteiger partial charge < -0.3 is 8.39 Å². The molecule has 3 nitrogen and oxygen atoms in total. The second kappa shape index (κ2) is 11.1. The van der Waals surface area contributed by atoms with Gasteiger partial charge in [0.1, 0.15) is 11.2 Å². The first-order chi connectivity index (χ1) is 23.8. The van der Waals surface area contributed by atoms with Gasteiger partial charge in [-0.1, -0.05) is 133 Å². The molecule has 1 aromatic heterocycles. The van der Waals surface area contributed by atoms with Crippen molar-refractivity contribution in [3.05, 3.63) is 169 Å². The molecule has 0 N–H and O–H groups in total. The molecule has 0 unspecified atom stereocenters. The van der Waals surface area contributed by atoms with Crippen molar-refractivity contribution in [1.82, 2.24) is 0 Å². The number of hydrogen-bond acceptors (Lipinski definition) is 3. The summed E-state index contributed by atoms with van der Waals surface area (Å²) in [7, 11) is -1.56. The average molecular weight is 638 g/mol. The van der Waals surface area contributed by atoms with Crippen LogP contribution in [0.5, 0.6) is 0 Å². The van der Waals surface area contributed by atoms with Gasteiger partial charge >= 0.3 is 8.16 Å². The van der Waals surface area contributed by atoms with E-state index in [2.05, 4.69) is 162 Å². The third-order valence-corrected chi connectivity index (χ3v) is 11.9. The Kier molecular flexibility index (Phi) is 6.43. The van der Waals surface area contributed by atoms with E-state index in [0.717, 1.165) is 34.8 Å². The van der Waals surface area contributed by atoms with Crippen molar-refractivity contribution >= 4 is 73.2 Å². The molecule has 10 rings (SSSR count). The Bertz CT molecular complexity index is 2550. The Morgan fingerprint density at radius 1 is 0.417 bits per heavy atom. The van der Waals surface area contributed by atoms with Gasteiger partial charge in [0.05, 0.1) is 0 Å². The molecule has 0 aliphatic carbocycles. The van der Waals surface area contributed by atoms with Crippen LogP contribution in [0, 0.1) is 0 Å². The first kappa shape index (κ1) is 27.7. The van der Waals surface area contributed by atoms with Gasteiger partial charge in [-0.25, -0.2) is 0 Å². The van der Waals surface area contributed by atoms with E-state index in [1.807, 2.05) is 0 Å². The van der Waals surface area contributed by atoms with Crippen molar-refractivity contribution in [1.29, 1.82) is 0 Å². The van der Waals surface area contributed by atoms with E-state index in [0.29, 0.717) is 0 Å². The summed E-state index contributed by atoms with van der Waals surface area (Å²) in [5, 5.41) is 12.0. The molecule has 0 amide bonds. The van der Waals surface area contributed by atoms with Crippen LogP contribution in [0.1, 0.15) is 36.1 Å². The summed E-state index contributed by atoms with van der Waals surface area (Å²) in [6.07, 6.45) is 2.02. The van der Waals surface area contributed by atoms with Crippen molar-refractivity contribution in [2.45, 2.75) is 24.9 Å². The van der Waals surface area contributed by atoms with Crippen LogP contribution >= 0.6 is 8.16 Å². The van der Waals surface area contributed by atoms with Crippen LogP contribution < -0.4 is 4.67 Å². The Morgan fingerprint density at radius 3 is 1.29 bits per heavy atom. The van der Waals surface area contributed by atoms with Crippen molar-refractivity contribution in [3.8, 4) is 0 Å². The highest BCUT2D eigenvalue weighted by Crippen LogP contribution is 2.54. The molecule has 0 saturated carbocycles. The van der Waals surface area contributed by atoms with Gasteiger partial charge in [0.25, 0.3) is 0 Å². The van der Waals surface area contributed by atoms with Crippen LogP contribution in [-0.4, -0.2) is 0 Å². The molecule has 2 atom stereocenters. The van der Waals surface area contributed by atoms with Gasteiger partial charge in [-0.15, -0.1) is 0 Å². The summed E-state index contributed by atoms with van der Waals surface area (Å²) in [6.45, 7) is 0. The lowest BCUT2D eigenvalue weighted by molar-refractivity contribution is 0.594. The fourth-order valence-corrected chi connectivity index (χ4v) is 9.77. The molecule has 1 aliphatic rings. The predicted octanol–water partition coefficient (Wildman–Crippen LogP) is 13.1. The number of fused-ring (bicyclic) bond motifs is 9. The zero-order chi connectivity index (χ0) is 31.6. The van der Waals surface area contributed by atoms with E-state index in [1.165, 1.54) is 54.2 Å². The number of benzene rings is 8.